The molecule has 0 radical (unpaired) electrons. The van der Waals surface area contributed by atoms with Crippen LogP contribution in [0.5, 0.6) is 0 Å². The number of guanidine groups is 1. The third-order valence-electron chi connectivity index (χ3n) is 4.08. The second-order valence-corrected chi connectivity index (χ2v) is 5.58. The third-order valence-corrected chi connectivity index (χ3v) is 4.08. The van der Waals surface area contributed by atoms with Crippen molar-refractivity contribution in [1.82, 2.24) is 0 Å². The van der Waals surface area contributed by atoms with Crippen LogP contribution in [0.1, 0.15) is 18.1 Å². The van der Waals surface area contributed by atoms with Crippen molar-refractivity contribution in [2.24, 2.45) is 10.7 Å². The quantitative estimate of drug-likeness (QED) is 0.919. The summed E-state index contributed by atoms with van der Waals surface area (Å²) in [5.74, 6) is 0.207. The molecule has 21 heavy (non-hydrogen) atoms. The van der Waals surface area contributed by atoms with E-state index in [0.29, 0.717) is 12.5 Å². The summed E-state index contributed by atoms with van der Waals surface area (Å²) < 4.78 is 13.2. The molecule has 3 rings (SSSR count). The van der Waals surface area contributed by atoms with Crippen LogP contribution in [0, 0.1) is 12.7 Å². The maximum atomic E-state index is 13.2. The molecule has 0 saturated carbocycles. The first-order valence-corrected chi connectivity index (χ1v) is 6.94. The second kappa shape index (κ2) is 4.88. The van der Waals surface area contributed by atoms with Gasteiger partial charge in [-0.1, -0.05) is 24.3 Å². The predicted molar refractivity (Wildman–Crippen MR) is 83.9 cm³/mol. The normalized spacial score (nSPS) is 21.5. The number of benzene rings is 2. The van der Waals surface area contributed by atoms with Gasteiger partial charge in [0, 0.05) is 5.69 Å². The SMILES string of the molecule is Cc1ccccc1C1(C)CN=C(N)N1c1ccc(F)cc1. The van der Waals surface area contributed by atoms with Crippen molar-refractivity contribution in [3.8, 4) is 0 Å². The number of halogens is 1. The number of anilines is 1. The van der Waals surface area contributed by atoms with E-state index in [9.17, 15) is 4.39 Å². The highest BCUT2D eigenvalue weighted by Crippen LogP contribution is 2.38. The minimum atomic E-state index is -0.354. The standard InChI is InChI=1S/C17H18FN3/c1-12-5-3-4-6-15(12)17(2)11-20-16(19)21(17)14-9-7-13(18)8-10-14/h3-10H,11H2,1-2H3,(H2,19,20). The van der Waals surface area contributed by atoms with Crippen LogP contribution in [0.3, 0.4) is 0 Å². The summed E-state index contributed by atoms with van der Waals surface area (Å²) in [5, 5.41) is 0. The first-order valence-electron chi connectivity index (χ1n) is 6.94. The zero-order valence-electron chi connectivity index (χ0n) is 12.2. The van der Waals surface area contributed by atoms with Crippen LogP contribution >= 0.6 is 0 Å². The fourth-order valence-corrected chi connectivity index (χ4v) is 3.02. The third kappa shape index (κ3) is 2.17. The number of hydrogen-bond donors (Lipinski definition) is 1. The number of rotatable bonds is 2. The van der Waals surface area contributed by atoms with Crippen LogP contribution in [0.25, 0.3) is 0 Å². The number of hydrogen-bond acceptors (Lipinski definition) is 3. The van der Waals surface area contributed by atoms with Gasteiger partial charge in [-0.15, -0.1) is 0 Å². The average molecular weight is 283 g/mol. The van der Waals surface area contributed by atoms with Crippen molar-refractivity contribution in [3.05, 3.63) is 65.5 Å². The Balaban J connectivity index is 2.10. The van der Waals surface area contributed by atoms with E-state index in [0.717, 1.165) is 5.69 Å². The van der Waals surface area contributed by atoms with E-state index in [1.165, 1.54) is 23.3 Å². The lowest BCUT2D eigenvalue weighted by molar-refractivity contribution is 0.529. The maximum Gasteiger partial charge on any atom is 0.196 e. The van der Waals surface area contributed by atoms with Gasteiger partial charge in [0.25, 0.3) is 0 Å². The molecule has 108 valence electrons. The maximum absolute atomic E-state index is 13.2. The monoisotopic (exact) mass is 283 g/mol. The summed E-state index contributed by atoms with van der Waals surface area (Å²) in [7, 11) is 0. The van der Waals surface area contributed by atoms with Gasteiger partial charge in [0.15, 0.2) is 5.96 Å². The first kappa shape index (κ1) is 13.6. The molecule has 1 heterocycles. The summed E-state index contributed by atoms with van der Waals surface area (Å²) in [6, 6.07) is 14.6. The molecule has 0 fully saturated rings. The Morgan fingerprint density at radius 3 is 2.48 bits per heavy atom. The Kier molecular flexibility index (Phi) is 3.16. The minimum Gasteiger partial charge on any atom is -0.369 e. The Morgan fingerprint density at radius 1 is 1.14 bits per heavy atom. The molecule has 2 aromatic carbocycles. The van der Waals surface area contributed by atoms with Crippen LogP contribution in [-0.4, -0.2) is 12.5 Å². The van der Waals surface area contributed by atoms with Gasteiger partial charge in [-0.05, 0) is 49.2 Å². The molecule has 1 unspecified atom stereocenters. The lowest BCUT2D eigenvalue weighted by Gasteiger charge is -2.37. The highest BCUT2D eigenvalue weighted by molar-refractivity contribution is 5.98. The molecule has 1 aliphatic rings. The van der Waals surface area contributed by atoms with Gasteiger partial charge in [-0.3, -0.25) is 4.99 Å². The predicted octanol–water partition coefficient (Wildman–Crippen LogP) is 3.18. The molecule has 3 nitrogen and oxygen atoms in total. The lowest BCUT2D eigenvalue weighted by atomic mass is 9.87. The van der Waals surface area contributed by atoms with Crippen LogP contribution in [0.15, 0.2) is 53.5 Å². The Labute approximate surface area is 123 Å². The summed E-state index contributed by atoms with van der Waals surface area (Å²) in [6.45, 7) is 4.78. The van der Waals surface area contributed by atoms with Gasteiger partial charge in [0.1, 0.15) is 5.82 Å². The second-order valence-electron chi connectivity index (χ2n) is 5.58. The number of aryl methyl sites for hydroxylation is 1. The van der Waals surface area contributed by atoms with E-state index in [4.69, 9.17) is 5.73 Å². The molecule has 0 amide bonds. The van der Waals surface area contributed by atoms with Gasteiger partial charge in [0.05, 0.1) is 12.1 Å². The molecule has 1 aliphatic heterocycles. The Morgan fingerprint density at radius 2 is 1.81 bits per heavy atom. The Hall–Kier alpha value is -2.36. The van der Waals surface area contributed by atoms with Gasteiger partial charge in [-0.2, -0.15) is 0 Å². The van der Waals surface area contributed by atoms with Crippen LogP contribution in [-0.2, 0) is 5.54 Å². The lowest BCUT2D eigenvalue weighted by Crippen LogP contribution is -2.48. The molecule has 0 aromatic heterocycles. The first-order chi connectivity index (χ1) is 10.0. The zero-order valence-corrected chi connectivity index (χ0v) is 12.2. The fourth-order valence-electron chi connectivity index (χ4n) is 3.02. The van der Waals surface area contributed by atoms with Gasteiger partial charge >= 0.3 is 0 Å². The van der Waals surface area contributed by atoms with Crippen molar-refractivity contribution < 1.29 is 4.39 Å². The minimum absolute atomic E-state index is 0.258. The molecule has 0 spiro atoms. The highest BCUT2D eigenvalue weighted by atomic mass is 19.1. The molecular weight excluding hydrogens is 265 g/mol. The Bertz CT molecular complexity index is 693. The van der Waals surface area contributed by atoms with E-state index in [1.807, 2.05) is 17.0 Å². The average Bonchev–Trinajstić information content (AvgIpc) is 2.77. The molecule has 2 N–H and O–H groups in total. The van der Waals surface area contributed by atoms with Gasteiger partial charge in [0.2, 0.25) is 0 Å². The smallest absolute Gasteiger partial charge is 0.196 e. The zero-order chi connectivity index (χ0) is 15.0. The van der Waals surface area contributed by atoms with Crippen molar-refractivity contribution in [2.75, 3.05) is 11.4 Å². The van der Waals surface area contributed by atoms with E-state index in [-0.39, 0.29) is 11.4 Å². The molecular formula is C17H18FN3. The van der Waals surface area contributed by atoms with E-state index in [2.05, 4.69) is 31.0 Å². The summed E-state index contributed by atoms with van der Waals surface area (Å²) in [5.41, 5.74) is 8.96. The van der Waals surface area contributed by atoms with Crippen LogP contribution in [0.2, 0.25) is 0 Å². The fraction of sp³-hybridized carbons (Fsp3) is 0.235. The largest absolute Gasteiger partial charge is 0.369 e. The summed E-state index contributed by atoms with van der Waals surface area (Å²) >= 11 is 0. The van der Waals surface area contributed by atoms with Crippen molar-refractivity contribution in [2.45, 2.75) is 19.4 Å². The van der Waals surface area contributed by atoms with E-state index in [1.54, 1.807) is 12.1 Å². The van der Waals surface area contributed by atoms with Crippen molar-refractivity contribution in [3.63, 3.8) is 0 Å². The number of aliphatic imine (C=N–C) groups is 1. The van der Waals surface area contributed by atoms with Crippen molar-refractivity contribution in [1.29, 1.82) is 0 Å². The number of nitrogens with two attached hydrogens (primary N) is 1. The van der Waals surface area contributed by atoms with E-state index < -0.39 is 0 Å². The van der Waals surface area contributed by atoms with Gasteiger partial charge in [-0.25, -0.2) is 4.39 Å². The molecule has 2 aromatic rings. The molecule has 0 aliphatic carbocycles. The summed E-state index contributed by atoms with van der Waals surface area (Å²) in [4.78, 5) is 6.39. The number of nitrogens with zero attached hydrogens (tertiary/aromatic N) is 2. The highest BCUT2D eigenvalue weighted by Gasteiger charge is 2.41. The van der Waals surface area contributed by atoms with Crippen LogP contribution < -0.4 is 10.6 Å². The topological polar surface area (TPSA) is 41.6 Å². The van der Waals surface area contributed by atoms with Crippen LogP contribution in [0.4, 0.5) is 10.1 Å². The van der Waals surface area contributed by atoms with Crippen molar-refractivity contribution >= 4 is 11.6 Å². The molecule has 4 heteroatoms. The molecule has 1 atom stereocenters. The molecule has 0 saturated heterocycles. The summed E-state index contributed by atoms with van der Waals surface area (Å²) in [6.07, 6.45) is 0. The van der Waals surface area contributed by atoms with Gasteiger partial charge < -0.3 is 10.6 Å². The molecule has 0 bridgehead atoms. The van der Waals surface area contributed by atoms with E-state index >= 15 is 0 Å².